The molecular formula is C36H32N4O4S2. The molecule has 0 aliphatic carbocycles. The summed E-state index contributed by atoms with van der Waals surface area (Å²) in [5, 5.41) is 10.6. The van der Waals surface area contributed by atoms with E-state index in [1.807, 2.05) is 86.0 Å². The van der Waals surface area contributed by atoms with Gasteiger partial charge in [-0.3, -0.25) is 14.4 Å². The van der Waals surface area contributed by atoms with Gasteiger partial charge in [0.1, 0.15) is 11.4 Å². The molecule has 1 aromatic heterocycles. The van der Waals surface area contributed by atoms with Crippen molar-refractivity contribution in [1.82, 2.24) is 10.3 Å². The first-order valence-corrected chi connectivity index (χ1v) is 16.2. The van der Waals surface area contributed by atoms with Gasteiger partial charge in [-0.15, -0.1) is 23.1 Å². The van der Waals surface area contributed by atoms with Gasteiger partial charge >= 0.3 is 0 Å². The molecule has 0 aliphatic heterocycles. The number of thioether (sulfide) groups is 1. The van der Waals surface area contributed by atoms with Gasteiger partial charge in [0.2, 0.25) is 5.91 Å². The summed E-state index contributed by atoms with van der Waals surface area (Å²) in [6, 6.07) is 31.2. The molecule has 232 valence electrons. The maximum absolute atomic E-state index is 13.4. The van der Waals surface area contributed by atoms with Crippen LogP contribution in [0.1, 0.15) is 28.4 Å². The minimum Gasteiger partial charge on any atom is -0.497 e. The van der Waals surface area contributed by atoms with Crippen LogP contribution in [0.2, 0.25) is 0 Å². The van der Waals surface area contributed by atoms with Gasteiger partial charge in [-0.25, -0.2) is 4.98 Å². The van der Waals surface area contributed by atoms with Crippen LogP contribution in [0.15, 0.2) is 119 Å². The van der Waals surface area contributed by atoms with Gasteiger partial charge in [0, 0.05) is 27.1 Å². The molecule has 5 aromatic rings. The van der Waals surface area contributed by atoms with E-state index in [0.717, 1.165) is 33.0 Å². The number of carbonyl (C=O) groups is 3. The maximum Gasteiger partial charge on any atom is 0.272 e. The molecule has 0 saturated heterocycles. The second-order valence-electron chi connectivity index (χ2n) is 10.3. The number of methoxy groups -OCH3 is 1. The zero-order valence-electron chi connectivity index (χ0n) is 25.4. The molecule has 3 N–H and O–H groups in total. The smallest absolute Gasteiger partial charge is 0.272 e. The van der Waals surface area contributed by atoms with E-state index in [9.17, 15) is 14.4 Å². The van der Waals surface area contributed by atoms with E-state index in [2.05, 4.69) is 20.9 Å². The third-order valence-electron chi connectivity index (χ3n) is 6.80. The fourth-order valence-electron chi connectivity index (χ4n) is 4.37. The number of anilines is 2. The van der Waals surface area contributed by atoms with E-state index < -0.39 is 11.2 Å². The molecule has 1 heterocycles. The number of carbonyl (C=O) groups excluding carboxylic acids is 3. The number of nitrogens with zero attached hydrogens (tertiary/aromatic N) is 1. The van der Waals surface area contributed by atoms with Gasteiger partial charge in [-0.1, -0.05) is 48.0 Å². The third kappa shape index (κ3) is 8.71. The van der Waals surface area contributed by atoms with Crippen LogP contribution in [0.3, 0.4) is 0 Å². The maximum atomic E-state index is 13.4. The first kappa shape index (κ1) is 32.2. The number of ether oxygens (including phenoxy) is 1. The normalized spacial score (nSPS) is 11.8. The number of nitrogens with one attached hydrogen (secondary N) is 3. The van der Waals surface area contributed by atoms with Crippen LogP contribution in [0.4, 0.5) is 10.8 Å². The Labute approximate surface area is 275 Å². The molecule has 0 radical (unpaired) electrons. The fourth-order valence-corrected chi connectivity index (χ4v) is 5.96. The van der Waals surface area contributed by atoms with Crippen molar-refractivity contribution in [2.24, 2.45) is 0 Å². The molecule has 46 heavy (non-hydrogen) atoms. The summed E-state index contributed by atoms with van der Waals surface area (Å²) in [6.07, 6.45) is 1.65. The second-order valence-corrected chi connectivity index (χ2v) is 12.6. The molecule has 0 fully saturated rings. The zero-order valence-corrected chi connectivity index (χ0v) is 27.1. The van der Waals surface area contributed by atoms with Crippen molar-refractivity contribution < 1.29 is 19.1 Å². The van der Waals surface area contributed by atoms with Gasteiger partial charge in [0.05, 0.1) is 18.1 Å². The largest absolute Gasteiger partial charge is 0.497 e. The van der Waals surface area contributed by atoms with Crippen LogP contribution >= 0.6 is 23.1 Å². The minimum absolute atomic E-state index is 0.112. The van der Waals surface area contributed by atoms with Crippen molar-refractivity contribution in [1.29, 1.82) is 0 Å². The van der Waals surface area contributed by atoms with Crippen LogP contribution in [0.25, 0.3) is 17.3 Å². The lowest BCUT2D eigenvalue weighted by Crippen LogP contribution is -2.30. The lowest BCUT2D eigenvalue weighted by atomic mass is 10.1. The Bertz CT molecular complexity index is 1850. The van der Waals surface area contributed by atoms with Crippen molar-refractivity contribution in [2.75, 3.05) is 17.7 Å². The van der Waals surface area contributed by atoms with Crippen molar-refractivity contribution in [2.45, 2.75) is 24.0 Å². The van der Waals surface area contributed by atoms with E-state index in [4.69, 9.17) is 4.74 Å². The topological polar surface area (TPSA) is 109 Å². The molecule has 1 atom stereocenters. The van der Waals surface area contributed by atoms with Crippen molar-refractivity contribution in [3.8, 4) is 17.0 Å². The van der Waals surface area contributed by atoms with Gasteiger partial charge in [-0.05, 0) is 86.2 Å². The minimum atomic E-state index is -0.462. The highest BCUT2D eigenvalue weighted by atomic mass is 32.2. The molecule has 4 aromatic carbocycles. The SMILES string of the molecule is COc1ccc(-c2csc(NC(=O)C(C)Sc3ccc(NC(=O)/C(=C/c4cccc(C)c4)NC(=O)c4ccccc4)cc3)n2)cc1. The Kier molecular flexibility index (Phi) is 10.6. The van der Waals surface area contributed by atoms with Crippen molar-refractivity contribution in [3.05, 3.63) is 131 Å². The molecule has 0 spiro atoms. The van der Waals surface area contributed by atoms with Crippen LogP contribution in [-0.4, -0.2) is 35.1 Å². The van der Waals surface area contributed by atoms with E-state index in [-0.39, 0.29) is 17.5 Å². The molecule has 0 bridgehead atoms. The Hall–Kier alpha value is -5.19. The van der Waals surface area contributed by atoms with Crippen LogP contribution < -0.4 is 20.7 Å². The highest BCUT2D eigenvalue weighted by Crippen LogP contribution is 2.29. The number of aryl methyl sites for hydroxylation is 1. The lowest BCUT2D eigenvalue weighted by Gasteiger charge is -2.13. The number of rotatable bonds is 11. The van der Waals surface area contributed by atoms with Gasteiger partial charge in [-0.2, -0.15) is 0 Å². The van der Waals surface area contributed by atoms with Crippen molar-refractivity contribution in [3.63, 3.8) is 0 Å². The van der Waals surface area contributed by atoms with Crippen LogP contribution in [0.5, 0.6) is 5.75 Å². The lowest BCUT2D eigenvalue weighted by molar-refractivity contribution is -0.115. The molecule has 1 unspecified atom stereocenters. The molecule has 5 rings (SSSR count). The first-order valence-electron chi connectivity index (χ1n) is 14.4. The third-order valence-corrected chi connectivity index (χ3v) is 8.67. The highest BCUT2D eigenvalue weighted by molar-refractivity contribution is 8.00. The predicted octanol–water partition coefficient (Wildman–Crippen LogP) is 7.66. The number of hydrogen-bond donors (Lipinski definition) is 3. The van der Waals surface area contributed by atoms with E-state index in [0.29, 0.717) is 16.4 Å². The van der Waals surface area contributed by atoms with Crippen LogP contribution in [-0.2, 0) is 9.59 Å². The molecule has 3 amide bonds. The summed E-state index contributed by atoms with van der Waals surface area (Å²) in [5.74, 6) is -0.251. The number of thiazole rings is 1. The molecule has 0 aliphatic rings. The summed E-state index contributed by atoms with van der Waals surface area (Å²) >= 11 is 2.76. The van der Waals surface area contributed by atoms with E-state index in [1.54, 1.807) is 49.6 Å². The summed E-state index contributed by atoms with van der Waals surface area (Å²) in [4.78, 5) is 44.6. The summed E-state index contributed by atoms with van der Waals surface area (Å²) < 4.78 is 5.21. The van der Waals surface area contributed by atoms with Crippen molar-refractivity contribution >= 4 is 57.7 Å². The zero-order chi connectivity index (χ0) is 32.5. The number of amides is 3. The molecule has 0 saturated carbocycles. The fraction of sp³-hybridized carbons (Fsp3) is 0.111. The molecule has 8 nitrogen and oxygen atoms in total. The standard InChI is InChI=1S/C36H32N4O4S2/c1-23-8-7-9-25(20-23)21-31(38-34(42)27-10-5-4-6-11-27)35(43)37-28-14-18-30(19-15-28)46-24(2)33(41)40-36-39-32(22-45-36)26-12-16-29(44-3)17-13-26/h4-22,24H,1-3H3,(H,37,43)(H,38,42)(H,39,40,41)/b31-21-. The second kappa shape index (κ2) is 15.2. The molecule has 10 heteroatoms. The monoisotopic (exact) mass is 648 g/mol. The summed E-state index contributed by atoms with van der Waals surface area (Å²) in [6.45, 7) is 3.79. The molecular weight excluding hydrogens is 617 g/mol. The highest BCUT2D eigenvalue weighted by Gasteiger charge is 2.18. The van der Waals surface area contributed by atoms with E-state index in [1.165, 1.54) is 23.1 Å². The average molecular weight is 649 g/mol. The van der Waals surface area contributed by atoms with Crippen LogP contribution in [0, 0.1) is 6.92 Å². The Morgan fingerprint density at radius 3 is 2.33 bits per heavy atom. The Morgan fingerprint density at radius 1 is 0.891 bits per heavy atom. The summed E-state index contributed by atoms with van der Waals surface area (Å²) in [5.41, 5.74) is 4.62. The predicted molar refractivity (Wildman–Crippen MR) is 186 cm³/mol. The van der Waals surface area contributed by atoms with E-state index >= 15 is 0 Å². The van der Waals surface area contributed by atoms with Gasteiger partial charge in [0.25, 0.3) is 11.8 Å². The number of benzene rings is 4. The Morgan fingerprint density at radius 2 is 1.63 bits per heavy atom. The number of aromatic nitrogens is 1. The number of hydrogen-bond acceptors (Lipinski definition) is 7. The average Bonchev–Trinajstić information content (AvgIpc) is 3.54. The van der Waals surface area contributed by atoms with Gasteiger partial charge < -0.3 is 20.7 Å². The van der Waals surface area contributed by atoms with Gasteiger partial charge in [0.15, 0.2) is 5.13 Å². The first-order chi connectivity index (χ1) is 22.3. The quantitative estimate of drug-likeness (QED) is 0.100. The summed E-state index contributed by atoms with van der Waals surface area (Å²) in [7, 11) is 1.62. The Balaban J connectivity index is 1.20.